The van der Waals surface area contributed by atoms with E-state index in [1.165, 1.54) is 0 Å². The minimum atomic E-state index is -0.661. The summed E-state index contributed by atoms with van der Waals surface area (Å²) in [4.78, 5) is 0. The zero-order chi connectivity index (χ0) is 14.2. The molecule has 0 bridgehead atoms. The summed E-state index contributed by atoms with van der Waals surface area (Å²) in [6, 6.07) is 5.40. The first-order valence-electron chi connectivity index (χ1n) is 5.71. The van der Waals surface area contributed by atoms with Gasteiger partial charge < -0.3 is 5.11 Å². The van der Waals surface area contributed by atoms with Crippen LogP contribution in [-0.4, -0.2) is 14.9 Å². The van der Waals surface area contributed by atoms with Gasteiger partial charge in [0.1, 0.15) is 5.15 Å². The van der Waals surface area contributed by atoms with Gasteiger partial charge in [0, 0.05) is 23.5 Å². The molecule has 0 spiro atoms. The van der Waals surface area contributed by atoms with Crippen LogP contribution in [0, 0.1) is 6.92 Å². The minimum Gasteiger partial charge on any atom is -0.388 e. The normalized spacial score (nSPS) is 12.7. The van der Waals surface area contributed by atoms with Crippen molar-refractivity contribution in [2.24, 2.45) is 7.05 Å². The first kappa shape index (κ1) is 14.9. The molecular weight excluding hydrogens is 351 g/mol. The number of aliphatic hydroxyl groups is 1. The van der Waals surface area contributed by atoms with Gasteiger partial charge in [0.25, 0.3) is 0 Å². The van der Waals surface area contributed by atoms with Crippen molar-refractivity contribution in [1.82, 2.24) is 9.78 Å². The highest BCUT2D eigenvalue weighted by atomic mass is 79.9. The van der Waals surface area contributed by atoms with Crippen LogP contribution in [0.1, 0.15) is 22.9 Å². The molecule has 1 heterocycles. The average molecular weight is 364 g/mol. The first-order chi connectivity index (χ1) is 8.90. The van der Waals surface area contributed by atoms with E-state index >= 15 is 0 Å². The van der Waals surface area contributed by atoms with Crippen LogP contribution in [0.25, 0.3) is 0 Å². The monoisotopic (exact) mass is 362 g/mol. The van der Waals surface area contributed by atoms with E-state index in [1.54, 1.807) is 17.8 Å². The second-order valence-corrected chi connectivity index (χ2v) is 5.99. The smallest absolute Gasteiger partial charge is 0.130 e. The van der Waals surface area contributed by atoms with Gasteiger partial charge >= 0.3 is 0 Å². The molecule has 102 valence electrons. The Hall–Kier alpha value is -0.550. The molecule has 2 rings (SSSR count). The van der Waals surface area contributed by atoms with E-state index in [1.807, 2.05) is 19.1 Å². The molecule has 1 aromatic carbocycles. The molecule has 1 unspecified atom stereocenters. The number of rotatable bonds is 3. The summed E-state index contributed by atoms with van der Waals surface area (Å²) in [5.74, 6) is 0. The number of aromatic nitrogens is 2. The fraction of sp³-hybridized carbons (Fsp3) is 0.308. The van der Waals surface area contributed by atoms with Gasteiger partial charge in [-0.2, -0.15) is 5.10 Å². The largest absolute Gasteiger partial charge is 0.388 e. The molecule has 0 aliphatic rings. The summed E-state index contributed by atoms with van der Waals surface area (Å²) >= 11 is 15.5. The second kappa shape index (κ2) is 5.83. The summed E-state index contributed by atoms with van der Waals surface area (Å²) < 4.78 is 2.41. The summed E-state index contributed by atoms with van der Waals surface area (Å²) in [6.45, 7) is 1.88. The quantitative estimate of drug-likeness (QED) is 0.892. The highest BCUT2D eigenvalue weighted by Gasteiger charge is 2.17. The van der Waals surface area contributed by atoms with Gasteiger partial charge in [-0.25, -0.2) is 0 Å². The Kier molecular flexibility index (Phi) is 4.56. The van der Waals surface area contributed by atoms with Crippen molar-refractivity contribution in [3.05, 3.63) is 49.7 Å². The van der Waals surface area contributed by atoms with Crippen LogP contribution in [0.2, 0.25) is 10.2 Å². The Balaban J connectivity index is 2.25. The predicted octanol–water partition coefficient (Wildman–Crippen LogP) is 4.07. The van der Waals surface area contributed by atoms with Gasteiger partial charge in [-0.05, 0) is 40.5 Å². The zero-order valence-electron chi connectivity index (χ0n) is 10.5. The maximum Gasteiger partial charge on any atom is 0.130 e. The molecule has 2 aromatic rings. The SMILES string of the molecule is Cc1nn(C)c(Cl)c1CC(O)c1ccc(Br)c(Cl)c1. The molecule has 0 aliphatic carbocycles. The van der Waals surface area contributed by atoms with Crippen molar-refractivity contribution in [1.29, 1.82) is 0 Å². The maximum atomic E-state index is 10.3. The van der Waals surface area contributed by atoms with E-state index in [9.17, 15) is 5.11 Å². The molecule has 19 heavy (non-hydrogen) atoms. The number of halogens is 3. The molecule has 1 N–H and O–H groups in total. The van der Waals surface area contributed by atoms with E-state index in [-0.39, 0.29) is 0 Å². The van der Waals surface area contributed by atoms with Crippen molar-refractivity contribution in [2.45, 2.75) is 19.4 Å². The van der Waals surface area contributed by atoms with E-state index in [0.29, 0.717) is 16.6 Å². The molecule has 1 atom stereocenters. The molecule has 0 saturated heterocycles. The highest BCUT2D eigenvalue weighted by Crippen LogP contribution is 2.29. The van der Waals surface area contributed by atoms with Crippen molar-refractivity contribution < 1.29 is 5.11 Å². The van der Waals surface area contributed by atoms with Crippen LogP contribution in [0.4, 0.5) is 0 Å². The second-order valence-electron chi connectivity index (χ2n) is 4.37. The number of nitrogens with zero attached hydrogens (tertiary/aromatic N) is 2. The standard InChI is InChI=1S/C13H13BrCl2N2O/c1-7-9(13(16)18(2)17-7)6-12(19)8-3-4-10(14)11(15)5-8/h3-5,12,19H,6H2,1-2H3. The molecule has 6 heteroatoms. The third-order valence-electron chi connectivity index (χ3n) is 3.00. The van der Waals surface area contributed by atoms with E-state index < -0.39 is 6.10 Å². The number of benzene rings is 1. The molecular formula is C13H13BrCl2N2O. The van der Waals surface area contributed by atoms with Crippen LogP contribution in [0.3, 0.4) is 0 Å². The third kappa shape index (κ3) is 3.14. The third-order valence-corrected chi connectivity index (χ3v) is 4.70. The van der Waals surface area contributed by atoms with Gasteiger partial charge in [-0.1, -0.05) is 29.3 Å². The van der Waals surface area contributed by atoms with Crippen LogP contribution in [0.15, 0.2) is 22.7 Å². The fourth-order valence-corrected chi connectivity index (χ4v) is 2.62. The van der Waals surface area contributed by atoms with Gasteiger partial charge in [-0.3, -0.25) is 4.68 Å². The van der Waals surface area contributed by atoms with Crippen molar-refractivity contribution in [3.63, 3.8) is 0 Å². The molecule has 0 fully saturated rings. The average Bonchev–Trinajstić information content (AvgIpc) is 2.59. The Morgan fingerprint density at radius 2 is 2.11 bits per heavy atom. The number of hydrogen-bond acceptors (Lipinski definition) is 2. The number of hydrogen-bond donors (Lipinski definition) is 1. The minimum absolute atomic E-state index is 0.413. The van der Waals surface area contributed by atoms with E-state index in [2.05, 4.69) is 21.0 Å². The van der Waals surface area contributed by atoms with Crippen LogP contribution in [0.5, 0.6) is 0 Å². The summed E-state index contributed by atoms with van der Waals surface area (Å²) in [5.41, 5.74) is 2.44. The fourth-order valence-electron chi connectivity index (χ4n) is 1.94. The van der Waals surface area contributed by atoms with Crippen molar-refractivity contribution in [3.8, 4) is 0 Å². The lowest BCUT2D eigenvalue weighted by molar-refractivity contribution is 0.178. The first-order valence-corrected chi connectivity index (χ1v) is 7.26. The van der Waals surface area contributed by atoms with Crippen LogP contribution >= 0.6 is 39.1 Å². The Bertz CT molecular complexity index is 613. The maximum absolute atomic E-state index is 10.3. The zero-order valence-corrected chi connectivity index (χ0v) is 13.6. The lowest BCUT2D eigenvalue weighted by atomic mass is 10.0. The number of aryl methyl sites for hydroxylation is 2. The molecule has 0 saturated carbocycles. The molecule has 0 aliphatic heterocycles. The van der Waals surface area contributed by atoms with Gasteiger partial charge in [0.15, 0.2) is 0 Å². The summed E-state index contributed by atoms with van der Waals surface area (Å²) in [7, 11) is 1.78. The Labute approximate surface area is 130 Å². The van der Waals surface area contributed by atoms with Crippen molar-refractivity contribution >= 4 is 39.1 Å². The van der Waals surface area contributed by atoms with Gasteiger partial charge in [-0.15, -0.1) is 0 Å². The molecule has 0 amide bonds. The highest BCUT2D eigenvalue weighted by molar-refractivity contribution is 9.10. The lowest BCUT2D eigenvalue weighted by Gasteiger charge is -2.12. The Morgan fingerprint density at radius 1 is 1.42 bits per heavy atom. The van der Waals surface area contributed by atoms with E-state index in [0.717, 1.165) is 21.3 Å². The summed E-state index contributed by atoms with van der Waals surface area (Å²) in [5, 5.41) is 15.6. The van der Waals surface area contributed by atoms with Crippen molar-refractivity contribution in [2.75, 3.05) is 0 Å². The summed E-state index contributed by atoms with van der Waals surface area (Å²) in [6.07, 6.45) is -0.248. The number of aliphatic hydroxyl groups excluding tert-OH is 1. The van der Waals surface area contributed by atoms with Crippen LogP contribution < -0.4 is 0 Å². The van der Waals surface area contributed by atoms with Gasteiger partial charge in [0.05, 0.1) is 16.8 Å². The van der Waals surface area contributed by atoms with Gasteiger partial charge in [0.2, 0.25) is 0 Å². The lowest BCUT2D eigenvalue weighted by Crippen LogP contribution is -2.03. The predicted molar refractivity (Wildman–Crippen MR) is 80.8 cm³/mol. The molecule has 3 nitrogen and oxygen atoms in total. The Morgan fingerprint density at radius 3 is 2.63 bits per heavy atom. The van der Waals surface area contributed by atoms with E-state index in [4.69, 9.17) is 23.2 Å². The topological polar surface area (TPSA) is 38.0 Å². The molecule has 0 radical (unpaired) electrons. The van der Waals surface area contributed by atoms with Crippen LogP contribution in [-0.2, 0) is 13.5 Å². The molecule has 1 aromatic heterocycles.